The van der Waals surface area contributed by atoms with Crippen LogP contribution in [0.15, 0.2) is 24.3 Å². The molecule has 0 spiro atoms. The summed E-state index contributed by atoms with van der Waals surface area (Å²) >= 11 is 0. The molecule has 1 aromatic carbocycles. The molecule has 0 aliphatic heterocycles. The second-order valence-electron chi connectivity index (χ2n) is 5.31. The average molecular weight is 306 g/mol. The molecule has 22 heavy (non-hydrogen) atoms. The first-order chi connectivity index (χ1) is 10.4. The van der Waals surface area contributed by atoms with Gasteiger partial charge in [0.05, 0.1) is 18.5 Å². The standard InChI is InChI=1S/C16H19FN2O3/c1-10(2)15-13(7-8-14(20)21)16(22-3)19(18-15)12-6-4-5-11(17)9-12/h4-6,9-10H,7-8H2,1-3H3,(H,20,21). The molecule has 0 aliphatic rings. The largest absolute Gasteiger partial charge is 0.481 e. The van der Waals surface area contributed by atoms with Crippen molar-refractivity contribution in [2.24, 2.45) is 0 Å². The lowest BCUT2D eigenvalue weighted by molar-refractivity contribution is -0.136. The van der Waals surface area contributed by atoms with Crippen molar-refractivity contribution in [2.45, 2.75) is 32.6 Å². The Labute approximate surface area is 128 Å². The van der Waals surface area contributed by atoms with Crippen molar-refractivity contribution >= 4 is 5.97 Å². The van der Waals surface area contributed by atoms with E-state index in [1.165, 1.54) is 23.9 Å². The van der Waals surface area contributed by atoms with Crippen molar-refractivity contribution in [1.82, 2.24) is 9.78 Å². The van der Waals surface area contributed by atoms with Crippen LogP contribution in [0.3, 0.4) is 0 Å². The average Bonchev–Trinajstić information content (AvgIpc) is 2.83. The zero-order chi connectivity index (χ0) is 16.3. The van der Waals surface area contributed by atoms with Crippen LogP contribution in [0.1, 0.15) is 37.4 Å². The van der Waals surface area contributed by atoms with Gasteiger partial charge < -0.3 is 9.84 Å². The van der Waals surface area contributed by atoms with Crippen LogP contribution in [0.2, 0.25) is 0 Å². The Morgan fingerprint density at radius 1 is 1.45 bits per heavy atom. The molecule has 0 bridgehead atoms. The zero-order valence-electron chi connectivity index (χ0n) is 12.8. The van der Waals surface area contributed by atoms with Gasteiger partial charge in [0, 0.05) is 12.0 Å². The fourth-order valence-corrected chi connectivity index (χ4v) is 2.37. The third kappa shape index (κ3) is 3.27. The number of rotatable bonds is 6. The van der Waals surface area contributed by atoms with E-state index in [1.54, 1.807) is 12.1 Å². The minimum absolute atomic E-state index is 0.00900. The van der Waals surface area contributed by atoms with Crippen molar-refractivity contribution in [3.05, 3.63) is 41.3 Å². The van der Waals surface area contributed by atoms with E-state index in [0.29, 0.717) is 18.0 Å². The summed E-state index contributed by atoms with van der Waals surface area (Å²) in [6, 6.07) is 6.04. The van der Waals surface area contributed by atoms with Crippen molar-refractivity contribution in [3.8, 4) is 11.6 Å². The van der Waals surface area contributed by atoms with Gasteiger partial charge in [-0.15, -0.1) is 0 Å². The van der Waals surface area contributed by atoms with Crippen molar-refractivity contribution in [3.63, 3.8) is 0 Å². The molecule has 0 saturated heterocycles. The van der Waals surface area contributed by atoms with Gasteiger partial charge in [-0.1, -0.05) is 19.9 Å². The molecule has 0 amide bonds. The van der Waals surface area contributed by atoms with Crippen LogP contribution in [-0.4, -0.2) is 28.0 Å². The van der Waals surface area contributed by atoms with E-state index in [4.69, 9.17) is 9.84 Å². The Morgan fingerprint density at radius 3 is 2.73 bits per heavy atom. The number of carbonyl (C=O) groups is 1. The third-order valence-corrected chi connectivity index (χ3v) is 3.35. The molecule has 0 atom stereocenters. The van der Waals surface area contributed by atoms with E-state index in [2.05, 4.69) is 5.10 Å². The number of aliphatic carboxylic acids is 1. The van der Waals surface area contributed by atoms with E-state index in [1.807, 2.05) is 13.8 Å². The Kier molecular flexibility index (Phi) is 4.80. The summed E-state index contributed by atoms with van der Waals surface area (Å²) in [6.07, 6.45) is 0.312. The van der Waals surface area contributed by atoms with E-state index in [9.17, 15) is 9.18 Å². The maximum absolute atomic E-state index is 13.4. The van der Waals surface area contributed by atoms with Gasteiger partial charge in [0.25, 0.3) is 0 Å². The summed E-state index contributed by atoms with van der Waals surface area (Å²) in [5, 5.41) is 13.4. The Balaban J connectivity index is 2.55. The van der Waals surface area contributed by atoms with Gasteiger partial charge in [0.2, 0.25) is 5.88 Å². The van der Waals surface area contributed by atoms with Gasteiger partial charge in [-0.3, -0.25) is 4.79 Å². The molecule has 0 fully saturated rings. The van der Waals surface area contributed by atoms with Gasteiger partial charge in [0.15, 0.2) is 0 Å². The minimum Gasteiger partial charge on any atom is -0.481 e. The lowest BCUT2D eigenvalue weighted by Gasteiger charge is -2.08. The summed E-state index contributed by atoms with van der Waals surface area (Å²) in [5.41, 5.74) is 2.06. The van der Waals surface area contributed by atoms with E-state index in [0.717, 1.165) is 11.3 Å². The normalized spacial score (nSPS) is 11.0. The van der Waals surface area contributed by atoms with Crippen LogP contribution < -0.4 is 4.74 Å². The van der Waals surface area contributed by atoms with Crippen molar-refractivity contribution in [2.75, 3.05) is 7.11 Å². The lowest BCUT2D eigenvalue weighted by atomic mass is 10.0. The number of carboxylic acids is 1. The van der Waals surface area contributed by atoms with Crippen LogP contribution in [0, 0.1) is 5.82 Å². The number of nitrogens with zero attached hydrogens (tertiary/aromatic N) is 2. The second kappa shape index (κ2) is 6.60. The topological polar surface area (TPSA) is 64.3 Å². The van der Waals surface area contributed by atoms with E-state index in [-0.39, 0.29) is 18.2 Å². The summed E-state index contributed by atoms with van der Waals surface area (Å²) in [5.74, 6) is -0.688. The van der Waals surface area contributed by atoms with Crippen LogP contribution in [0.4, 0.5) is 4.39 Å². The molecular weight excluding hydrogens is 287 g/mol. The molecule has 118 valence electrons. The molecule has 1 heterocycles. The minimum atomic E-state index is -0.879. The maximum atomic E-state index is 13.4. The summed E-state index contributed by atoms with van der Waals surface area (Å²) < 4.78 is 20.4. The molecule has 0 aliphatic carbocycles. The molecular formula is C16H19FN2O3. The SMILES string of the molecule is COc1c(CCC(=O)O)c(C(C)C)nn1-c1cccc(F)c1. The third-order valence-electron chi connectivity index (χ3n) is 3.35. The highest BCUT2D eigenvalue weighted by Gasteiger charge is 2.22. The number of halogens is 1. The predicted octanol–water partition coefficient (Wildman–Crippen LogP) is 3.16. The molecule has 0 saturated carbocycles. The van der Waals surface area contributed by atoms with Gasteiger partial charge in [0.1, 0.15) is 5.82 Å². The first kappa shape index (κ1) is 16.0. The fourth-order valence-electron chi connectivity index (χ4n) is 2.37. The lowest BCUT2D eigenvalue weighted by Crippen LogP contribution is -2.02. The highest BCUT2D eigenvalue weighted by atomic mass is 19.1. The van der Waals surface area contributed by atoms with Crippen molar-refractivity contribution in [1.29, 1.82) is 0 Å². The predicted molar refractivity (Wildman–Crippen MR) is 80.1 cm³/mol. The van der Waals surface area contributed by atoms with Gasteiger partial charge in [-0.05, 0) is 30.5 Å². The number of methoxy groups -OCH3 is 1. The second-order valence-corrected chi connectivity index (χ2v) is 5.31. The molecule has 1 N–H and O–H groups in total. The van der Waals surface area contributed by atoms with Gasteiger partial charge in [-0.2, -0.15) is 5.10 Å². The van der Waals surface area contributed by atoms with Crippen LogP contribution >= 0.6 is 0 Å². The summed E-state index contributed by atoms with van der Waals surface area (Å²) in [7, 11) is 1.50. The number of hydrogen-bond donors (Lipinski definition) is 1. The van der Waals surface area contributed by atoms with Crippen LogP contribution in [0.25, 0.3) is 5.69 Å². The first-order valence-electron chi connectivity index (χ1n) is 7.07. The molecule has 6 heteroatoms. The molecule has 2 rings (SSSR count). The van der Waals surface area contributed by atoms with Gasteiger partial charge >= 0.3 is 5.97 Å². The first-order valence-corrected chi connectivity index (χ1v) is 7.07. The summed E-state index contributed by atoms with van der Waals surface area (Å²) in [6.45, 7) is 3.95. The quantitative estimate of drug-likeness (QED) is 0.890. The van der Waals surface area contributed by atoms with Crippen LogP contribution in [-0.2, 0) is 11.2 Å². The summed E-state index contributed by atoms with van der Waals surface area (Å²) in [4.78, 5) is 10.9. The monoisotopic (exact) mass is 306 g/mol. The Morgan fingerprint density at radius 2 is 2.18 bits per heavy atom. The number of benzene rings is 1. The maximum Gasteiger partial charge on any atom is 0.303 e. The van der Waals surface area contributed by atoms with Crippen molar-refractivity contribution < 1.29 is 19.0 Å². The molecule has 2 aromatic rings. The number of carboxylic acid groups (broad SMARTS) is 1. The highest BCUT2D eigenvalue weighted by Crippen LogP contribution is 2.31. The Hall–Kier alpha value is -2.37. The molecule has 5 nitrogen and oxygen atoms in total. The fraction of sp³-hybridized carbons (Fsp3) is 0.375. The molecule has 0 unspecified atom stereocenters. The zero-order valence-corrected chi connectivity index (χ0v) is 12.8. The van der Waals surface area contributed by atoms with E-state index < -0.39 is 5.97 Å². The Bertz CT molecular complexity index is 680. The van der Waals surface area contributed by atoms with Gasteiger partial charge in [-0.25, -0.2) is 9.07 Å². The molecule has 1 aromatic heterocycles. The van der Waals surface area contributed by atoms with E-state index >= 15 is 0 Å². The number of aromatic nitrogens is 2. The highest BCUT2D eigenvalue weighted by molar-refractivity contribution is 5.67. The number of hydrogen-bond acceptors (Lipinski definition) is 3. The number of ether oxygens (including phenoxy) is 1. The molecule has 0 radical (unpaired) electrons. The smallest absolute Gasteiger partial charge is 0.303 e. The van der Waals surface area contributed by atoms with Crippen LogP contribution in [0.5, 0.6) is 5.88 Å².